The van der Waals surface area contributed by atoms with Gasteiger partial charge in [-0.15, -0.1) is 22.0 Å². The van der Waals surface area contributed by atoms with Crippen molar-refractivity contribution in [2.24, 2.45) is 0 Å². The average molecular weight is 275 g/mol. The minimum atomic E-state index is 0.606. The number of hydrogen-bond donors (Lipinski definition) is 1. The molecule has 1 saturated carbocycles. The zero-order valence-corrected chi connectivity index (χ0v) is 11.7. The maximum atomic E-state index is 5.68. The van der Waals surface area contributed by atoms with Crippen molar-refractivity contribution >= 4 is 11.8 Å². The van der Waals surface area contributed by atoms with E-state index in [4.69, 9.17) is 4.42 Å². The molecule has 3 rings (SSSR count). The Morgan fingerprint density at radius 1 is 1.26 bits per heavy atom. The fourth-order valence-corrected chi connectivity index (χ4v) is 2.28. The van der Waals surface area contributed by atoms with Crippen LogP contribution in [0.5, 0.6) is 0 Å². The second-order valence-corrected chi connectivity index (χ2v) is 5.59. The van der Waals surface area contributed by atoms with Crippen molar-refractivity contribution < 1.29 is 4.42 Å². The number of benzene rings is 1. The van der Waals surface area contributed by atoms with Crippen molar-refractivity contribution in [2.75, 3.05) is 12.8 Å². The van der Waals surface area contributed by atoms with Crippen LogP contribution < -0.4 is 5.32 Å². The topological polar surface area (TPSA) is 51.0 Å². The minimum Gasteiger partial charge on any atom is -0.421 e. The molecule has 1 N–H and O–H groups in total. The van der Waals surface area contributed by atoms with Crippen LogP contribution in [0.1, 0.15) is 18.7 Å². The van der Waals surface area contributed by atoms with Gasteiger partial charge in [-0.1, -0.05) is 0 Å². The molecule has 0 saturated heterocycles. The Morgan fingerprint density at radius 2 is 2.05 bits per heavy atom. The van der Waals surface area contributed by atoms with Gasteiger partial charge < -0.3 is 9.73 Å². The van der Waals surface area contributed by atoms with Crippen LogP contribution in [0, 0.1) is 0 Å². The van der Waals surface area contributed by atoms with E-state index >= 15 is 0 Å². The van der Waals surface area contributed by atoms with E-state index in [2.05, 4.69) is 33.9 Å². The highest BCUT2D eigenvalue weighted by Gasteiger charge is 2.20. The van der Waals surface area contributed by atoms with Gasteiger partial charge in [0.2, 0.25) is 11.8 Å². The van der Waals surface area contributed by atoms with E-state index in [9.17, 15) is 0 Å². The largest absolute Gasteiger partial charge is 0.421 e. The van der Waals surface area contributed by atoms with E-state index < -0.39 is 0 Å². The molecule has 1 aromatic heterocycles. The van der Waals surface area contributed by atoms with E-state index in [0.717, 1.165) is 24.6 Å². The summed E-state index contributed by atoms with van der Waals surface area (Å²) in [4.78, 5) is 1.23. The summed E-state index contributed by atoms with van der Waals surface area (Å²) in [7, 11) is 0. The van der Waals surface area contributed by atoms with Crippen molar-refractivity contribution in [3.8, 4) is 11.5 Å². The van der Waals surface area contributed by atoms with Crippen LogP contribution in [0.2, 0.25) is 0 Å². The third-order valence-electron chi connectivity index (χ3n) is 3.15. The standard InChI is InChI=1S/C14H17N3OS/c1-19-12-6-2-10(3-7-12)14-17-16-13(18-14)8-9-15-11-4-5-11/h2-3,6-7,11,15H,4-5,8-9H2,1H3. The molecular formula is C14H17N3OS. The van der Waals surface area contributed by atoms with Crippen LogP contribution in [-0.4, -0.2) is 29.0 Å². The van der Waals surface area contributed by atoms with Gasteiger partial charge in [-0.3, -0.25) is 0 Å². The fourth-order valence-electron chi connectivity index (χ4n) is 1.88. The van der Waals surface area contributed by atoms with Crippen LogP contribution in [0.15, 0.2) is 33.6 Å². The number of hydrogen-bond acceptors (Lipinski definition) is 5. The Bertz CT molecular complexity index is 534. The molecule has 2 aromatic rings. The Hall–Kier alpha value is -1.33. The molecule has 0 aliphatic heterocycles. The second kappa shape index (κ2) is 5.75. The zero-order chi connectivity index (χ0) is 13.1. The van der Waals surface area contributed by atoms with E-state index in [1.807, 2.05) is 12.1 Å². The second-order valence-electron chi connectivity index (χ2n) is 4.71. The molecule has 0 unspecified atom stereocenters. The molecule has 0 spiro atoms. The predicted molar refractivity (Wildman–Crippen MR) is 76.2 cm³/mol. The average Bonchev–Trinajstić information content (AvgIpc) is 3.15. The highest BCUT2D eigenvalue weighted by Crippen LogP contribution is 2.22. The molecule has 4 nitrogen and oxygen atoms in total. The molecule has 1 aromatic carbocycles. The highest BCUT2D eigenvalue weighted by molar-refractivity contribution is 7.98. The summed E-state index contributed by atoms with van der Waals surface area (Å²) in [5.74, 6) is 1.31. The number of thioether (sulfide) groups is 1. The zero-order valence-electron chi connectivity index (χ0n) is 10.9. The van der Waals surface area contributed by atoms with Gasteiger partial charge >= 0.3 is 0 Å². The lowest BCUT2D eigenvalue weighted by atomic mass is 10.2. The lowest BCUT2D eigenvalue weighted by Crippen LogP contribution is -2.19. The number of nitrogens with zero attached hydrogens (tertiary/aromatic N) is 2. The molecule has 0 amide bonds. The van der Waals surface area contributed by atoms with Gasteiger partial charge in [-0.05, 0) is 43.4 Å². The first kappa shape index (κ1) is 12.7. The maximum absolute atomic E-state index is 5.68. The molecule has 0 bridgehead atoms. The molecule has 5 heteroatoms. The normalized spacial score (nSPS) is 14.8. The fraction of sp³-hybridized carbons (Fsp3) is 0.429. The third-order valence-corrected chi connectivity index (χ3v) is 3.90. The van der Waals surface area contributed by atoms with Crippen molar-refractivity contribution in [1.29, 1.82) is 0 Å². The van der Waals surface area contributed by atoms with Gasteiger partial charge in [-0.2, -0.15) is 0 Å². The molecule has 1 fully saturated rings. The Morgan fingerprint density at radius 3 is 2.74 bits per heavy atom. The first-order valence-corrected chi connectivity index (χ1v) is 7.78. The van der Waals surface area contributed by atoms with E-state index in [-0.39, 0.29) is 0 Å². The third kappa shape index (κ3) is 3.36. The van der Waals surface area contributed by atoms with Gasteiger partial charge in [-0.25, -0.2) is 0 Å². The molecule has 1 heterocycles. The summed E-state index contributed by atoms with van der Waals surface area (Å²) < 4.78 is 5.68. The molecule has 19 heavy (non-hydrogen) atoms. The van der Waals surface area contributed by atoms with Crippen molar-refractivity contribution in [2.45, 2.75) is 30.2 Å². The Labute approximate surface area is 117 Å². The molecule has 1 aliphatic carbocycles. The first-order valence-electron chi connectivity index (χ1n) is 6.55. The summed E-state index contributed by atoms with van der Waals surface area (Å²) in [5, 5.41) is 11.6. The number of aromatic nitrogens is 2. The van der Waals surface area contributed by atoms with Crippen LogP contribution in [0.4, 0.5) is 0 Å². The van der Waals surface area contributed by atoms with Gasteiger partial charge in [0.05, 0.1) is 0 Å². The SMILES string of the molecule is CSc1ccc(-c2nnc(CCNC3CC3)o2)cc1. The van der Waals surface area contributed by atoms with Gasteiger partial charge in [0, 0.05) is 29.5 Å². The summed E-state index contributed by atoms with van der Waals surface area (Å²) in [6.45, 7) is 0.914. The van der Waals surface area contributed by atoms with Crippen molar-refractivity contribution in [1.82, 2.24) is 15.5 Å². The molecule has 1 aliphatic rings. The van der Waals surface area contributed by atoms with Crippen LogP contribution in [0.25, 0.3) is 11.5 Å². The molecule has 100 valence electrons. The lowest BCUT2D eigenvalue weighted by Gasteiger charge is -1.98. The number of nitrogens with one attached hydrogen (secondary N) is 1. The molecular weight excluding hydrogens is 258 g/mol. The van der Waals surface area contributed by atoms with E-state index in [0.29, 0.717) is 11.8 Å². The van der Waals surface area contributed by atoms with Crippen LogP contribution >= 0.6 is 11.8 Å². The quantitative estimate of drug-likeness (QED) is 0.822. The van der Waals surface area contributed by atoms with E-state index in [1.54, 1.807) is 11.8 Å². The van der Waals surface area contributed by atoms with Crippen LogP contribution in [-0.2, 0) is 6.42 Å². The van der Waals surface area contributed by atoms with Crippen molar-refractivity contribution in [3.05, 3.63) is 30.2 Å². The monoisotopic (exact) mass is 275 g/mol. The van der Waals surface area contributed by atoms with Gasteiger partial charge in [0.1, 0.15) is 0 Å². The smallest absolute Gasteiger partial charge is 0.247 e. The Kier molecular flexibility index (Phi) is 3.84. The van der Waals surface area contributed by atoms with Gasteiger partial charge in [0.25, 0.3) is 0 Å². The summed E-state index contributed by atoms with van der Waals surface area (Å²) >= 11 is 1.72. The lowest BCUT2D eigenvalue weighted by molar-refractivity contribution is 0.494. The highest BCUT2D eigenvalue weighted by atomic mass is 32.2. The summed E-state index contributed by atoms with van der Waals surface area (Å²) in [6.07, 6.45) is 5.47. The molecule has 0 radical (unpaired) electrons. The number of rotatable bonds is 6. The van der Waals surface area contributed by atoms with Crippen molar-refractivity contribution in [3.63, 3.8) is 0 Å². The minimum absolute atomic E-state index is 0.606. The van der Waals surface area contributed by atoms with Gasteiger partial charge in [0.15, 0.2) is 0 Å². The Balaban J connectivity index is 1.61. The van der Waals surface area contributed by atoms with E-state index in [1.165, 1.54) is 17.7 Å². The van der Waals surface area contributed by atoms with Crippen LogP contribution in [0.3, 0.4) is 0 Å². The molecule has 0 atom stereocenters. The predicted octanol–water partition coefficient (Wildman–Crippen LogP) is 2.75. The summed E-state index contributed by atoms with van der Waals surface area (Å²) in [5.41, 5.74) is 0.978. The maximum Gasteiger partial charge on any atom is 0.247 e. The summed E-state index contributed by atoms with van der Waals surface area (Å²) in [6, 6.07) is 8.90. The first-order chi connectivity index (χ1) is 9.35.